The van der Waals surface area contributed by atoms with Crippen molar-refractivity contribution in [3.8, 4) is 11.5 Å². The third-order valence-electron chi connectivity index (χ3n) is 3.03. The zero-order valence-electron chi connectivity index (χ0n) is 13.1. The van der Waals surface area contributed by atoms with Crippen LogP contribution in [0.2, 0.25) is 0 Å². The van der Waals surface area contributed by atoms with Crippen LogP contribution in [0.3, 0.4) is 0 Å². The lowest BCUT2D eigenvalue weighted by Gasteiger charge is -2.10. The fraction of sp³-hybridized carbons (Fsp3) is 0.235. The minimum absolute atomic E-state index is 0.158. The maximum atomic E-state index is 12.1. The molecule has 0 N–H and O–H groups in total. The van der Waals surface area contributed by atoms with E-state index < -0.39 is 10.0 Å². The molecule has 0 radical (unpaired) electrons. The third kappa shape index (κ3) is 4.56. The van der Waals surface area contributed by atoms with Crippen LogP contribution in [-0.4, -0.2) is 28.3 Å². The smallest absolute Gasteiger partial charge is 0.282 e. The average Bonchev–Trinajstić information content (AvgIpc) is 2.59. The summed E-state index contributed by atoms with van der Waals surface area (Å²) >= 11 is 0. The second-order valence-electron chi connectivity index (χ2n) is 4.78. The standard InChI is InChI=1S/C17H19NO4S/c1-3-11-22-16-10-9-14(12-17(16)21-2)13-18-23(19,20)15-7-5-4-6-8-15/h4-10,12-13H,3,11H2,1-2H3/b18-13-. The topological polar surface area (TPSA) is 65.0 Å². The lowest BCUT2D eigenvalue weighted by Crippen LogP contribution is -1.99. The van der Waals surface area contributed by atoms with Crippen LogP contribution >= 0.6 is 0 Å². The van der Waals surface area contributed by atoms with E-state index in [9.17, 15) is 8.42 Å². The van der Waals surface area contributed by atoms with Crippen molar-refractivity contribution in [2.45, 2.75) is 18.2 Å². The van der Waals surface area contributed by atoms with Crippen molar-refractivity contribution < 1.29 is 17.9 Å². The summed E-state index contributed by atoms with van der Waals surface area (Å²) in [7, 11) is -2.17. The van der Waals surface area contributed by atoms with Gasteiger partial charge >= 0.3 is 0 Å². The SMILES string of the molecule is CCCOc1ccc(/C=N\S(=O)(=O)c2ccccc2)cc1OC. The monoisotopic (exact) mass is 333 g/mol. The molecule has 0 aliphatic carbocycles. The van der Waals surface area contributed by atoms with Crippen molar-refractivity contribution in [1.82, 2.24) is 0 Å². The van der Waals surface area contributed by atoms with Crippen LogP contribution in [-0.2, 0) is 10.0 Å². The number of methoxy groups -OCH3 is 1. The Balaban J connectivity index is 2.23. The molecule has 0 bridgehead atoms. The summed E-state index contributed by atoms with van der Waals surface area (Å²) in [6, 6.07) is 13.3. The summed E-state index contributed by atoms with van der Waals surface area (Å²) in [5.74, 6) is 1.16. The van der Waals surface area contributed by atoms with E-state index in [1.54, 1.807) is 36.4 Å². The van der Waals surface area contributed by atoms with Crippen molar-refractivity contribution in [1.29, 1.82) is 0 Å². The molecule has 5 nitrogen and oxygen atoms in total. The molecule has 0 heterocycles. The molecule has 6 heteroatoms. The van der Waals surface area contributed by atoms with Gasteiger partial charge in [-0.15, -0.1) is 0 Å². The van der Waals surface area contributed by atoms with Crippen LogP contribution in [0.25, 0.3) is 0 Å². The summed E-state index contributed by atoms with van der Waals surface area (Å²) in [5.41, 5.74) is 0.616. The first kappa shape index (κ1) is 17.0. The predicted molar refractivity (Wildman–Crippen MR) is 90.0 cm³/mol. The van der Waals surface area contributed by atoms with E-state index in [4.69, 9.17) is 9.47 Å². The van der Waals surface area contributed by atoms with Gasteiger partial charge in [0.2, 0.25) is 0 Å². The van der Waals surface area contributed by atoms with Gasteiger partial charge in [-0.05, 0) is 42.3 Å². The number of benzene rings is 2. The number of hydrogen-bond acceptors (Lipinski definition) is 4. The van der Waals surface area contributed by atoms with Crippen molar-refractivity contribution in [2.24, 2.45) is 4.40 Å². The molecule has 0 spiro atoms. The fourth-order valence-corrected chi connectivity index (χ4v) is 2.76. The highest BCUT2D eigenvalue weighted by atomic mass is 32.2. The Bertz CT molecular complexity index is 770. The van der Waals surface area contributed by atoms with Crippen LogP contribution in [0.1, 0.15) is 18.9 Å². The molecule has 2 aromatic carbocycles. The van der Waals surface area contributed by atoms with Gasteiger partial charge in [0.05, 0.1) is 18.6 Å². The maximum Gasteiger partial charge on any atom is 0.282 e. The maximum absolute atomic E-state index is 12.1. The molecular weight excluding hydrogens is 314 g/mol. The summed E-state index contributed by atoms with van der Waals surface area (Å²) in [5, 5.41) is 0. The predicted octanol–water partition coefficient (Wildman–Crippen LogP) is 3.29. The number of sulfonamides is 1. The molecule has 0 fully saturated rings. The molecule has 0 saturated heterocycles. The Morgan fingerprint density at radius 2 is 1.83 bits per heavy atom. The number of rotatable bonds is 7. The van der Waals surface area contributed by atoms with E-state index in [2.05, 4.69) is 4.40 Å². The Hall–Kier alpha value is -2.34. The highest BCUT2D eigenvalue weighted by Crippen LogP contribution is 2.27. The second kappa shape index (κ2) is 7.78. The van der Waals surface area contributed by atoms with E-state index in [1.165, 1.54) is 25.5 Å². The van der Waals surface area contributed by atoms with E-state index in [1.807, 2.05) is 6.92 Å². The number of hydrogen-bond donors (Lipinski definition) is 0. The van der Waals surface area contributed by atoms with Crippen LogP contribution in [0.4, 0.5) is 0 Å². The first-order chi connectivity index (χ1) is 11.1. The molecule has 0 atom stereocenters. The third-order valence-corrected chi connectivity index (χ3v) is 4.28. The van der Waals surface area contributed by atoms with Gasteiger partial charge in [0.1, 0.15) is 0 Å². The van der Waals surface area contributed by atoms with Gasteiger partial charge in [-0.1, -0.05) is 25.1 Å². The molecule has 0 aromatic heterocycles. The molecule has 2 aromatic rings. The van der Waals surface area contributed by atoms with Crippen LogP contribution in [0.5, 0.6) is 11.5 Å². The van der Waals surface area contributed by atoms with E-state index in [0.29, 0.717) is 23.7 Å². The molecule has 0 amide bonds. The van der Waals surface area contributed by atoms with Crippen molar-refractivity contribution in [3.63, 3.8) is 0 Å². The molecule has 23 heavy (non-hydrogen) atoms. The molecule has 0 unspecified atom stereocenters. The minimum Gasteiger partial charge on any atom is -0.493 e. The Morgan fingerprint density at radius 1 is 1.09 bits per heavy atom. The fourth-order valence-electron chi connectivity index (χ4n) is 1.88. The molecule has 0 aliphatic heterocycles. The first-order valence-electron chi connectivity index (χ1n) is 7.23. The highest BCUT2D eigenvalue weighted by molar-refractivity contribution is 7.90. The zero-order chi connectivity index (χ0) is 16.7. The Kier molecular flexibility index (Phi) is 5.76. The van der Waals surface area contributed by atoms with Crippen molar-refractivity contribution in [3.05, 3.63) is 54.1 Å². The number of ether oxygens (including phenoxy) is 2. The number of nitrogens with zero attached hydrogens (tertiary/aromatic N) is 1. The van der Waals surface area contributed by atoms with E-state index >= 15 is 0 Å². The van der Waals surface area contributed by atoms with Gasteiger partial charge in [0.15, 0.2) is 11.5 Å². The summed E-state index contributed by atoms with van der Waals surface area (Å²) in [4.78, 5) is 0.158. The summed E-state index contributed by atoms with van der Waals surface area (Å²) < 4.78 is 38.8. The summed E-state index contributed by atoms with van der Waals surface area (Å²) in [6.45, 7) is 2.61. The lowest BCUT2D eigenvalue weighted by molar-refractivity contribution is 0.294. The van der Waals surface area contributed by atoms with Crippen LogP contribution in [0, 0.1) is 0 Å². The minimum atomic E-state index is -3.70. The van der Waals surface area contributed by atoms with Crippen molar-refractivity contribution in [2.75, 3.05) is 13.7 Å². The molecular formula is C17H19NO4S. The van der Waals surface area contributed by atoms with Crippen LogP contribution in [0.15, 0.2) is 57.8 Å². The quantitative estimate of drug-likeness (QED) is 0.729. The van der Waals surface area contributed by atoms with Gasteiger partial charge in [-0.25, -0.2) is 0 Å². The Labute approximate surface area is 136 Å². The second-order valence-corrected chi connectivity index (χ2v) is 6.41. The average molecular weight is 333 g/mol. The van der Waals surface area contributed by atoms with E-state index in [-0.39, 0.29) is 4.90 Å². The Morgan fingerprint density at radius 3 is 2.48 bits per heavy atom. The molecule has 122 valence electrons. The summed E-state index contributed by atoms with van der Waals surface area (Å²) in [6.07, 6.45) is 2.19. The normalized spacial score (nSPS) is 11.6. The van der Waals surface area contributed by atoms with Crippen molar-refractivity contribution >= 4 is 16.2 Å². The lowest BCUT2D eigenvalue weighted by atomic mass is 10.2. The molecule has 0 aliphatic rings. The first-order valence-corrected chi connectivity index (χ1v) is 8.67. The van der Waals surface area contributed by atoms with Gasteiger partial charge in [-0.2, -0.15) is 12.8 Å². The highest BCUT2D eigenvalue weighted by Gasteiger charge is 2.11. The van der Waals surface area contributed by atoms with Gasteiger partial charge in [-0.3, -0.25) is 0 Å². The zero-order valence-corrected chi connectivity index (χ0v) is 13.9. The molecule has 2 rings (SSSR count). The van der Waals surface area contributed by atoms with Crippen LogP contribution < -0.4 is 9.47 Å². The van der Waals surface area contributed by atoms with Gasteiger partial charge in [0.25, 0.3) is 10.0 Å². The van der Waals surface area contributed by atoms with E-state index in [0.717, 1.165) is 6.42 Å². The van der Waals surface area contributed by atoms with Gasteiger partial charge in [0, 0.05) is 6.21 Å². The molecule has 0 saturated carbocycles. The largest absolute Gasteiger partial charge is 0.493 e. The van der Waals surface area contributed by atoms with Gasteiger partial charge < -0.3 is 9.47 Å².